The van der Waals surface area contributed by atoms with Gasteiger partial charge in [-0.2, -0.15) is 0 Å². The smallest absolute Gasteiger partial charge is 0.154 e. The van der Waals surface area contributed by atoms with Crippen molar-refractivity contribution < 1.29 is 0 Å². The first kappa shape index (κ1) is 12.0. The van der Waals surface area contributed by atoms with Gasteiger partial charge in [-0.3, -0.25) is 0 Å². The molecule has 0 aliphatic heterocycles. The van der Waals surface area contributed by atoms with Crippen LogP contribution in [0, 0.1) is 12.3 Å². The predicted molar refractivity (Wildman–Crippen MR) is 69.4 cm³/mol. The van der Waals surface area contributed by atoms with Crippen LogP contribution in [0.25, 0.3) is 0 Å². The molecular formula is C12H16Cl2N2. The molecule has 1 N–H and O–H groups in total. The zero-order chi connectivity index (χ0) is 11.9. The normalized spacial score (nSPS) is 19.3. The summed E-state index contributed by atoms with van der Waals surface area (Å²) in [6.45, 7) is 6.47. The highest BCUT2D eigenvalue weighted by molar-refractivity contribution is 6.34. The van der Waals surface area contributed by atoms with Gasteiger partial charge in [0, 0.05) is 6.04 Å². The van der Waals surface area contributed by atoms with Crippen molar-refractivity contribution in [2.24, 2.45) is 5.41 Å². The summed E-state index contributed by atoms with van der Waals surface area (Å²) in [5, 5.41) is 4.36. The van der Waals surface area contributed by atoms with Crippen molar-refractivity contribution >= 4 is 28.9 Å². The Balaban J connectivity index is 2.21. The lowest BCUT2D eigenvalue weighted by molar-refractivity contribution is 0.493. The van der Waals surface area contributed by atoms with Crippen LogP contribution in [0.4, 0.5) is 5.69 Å². The van der Waals surface area contributed by atoms with Gasteiger partial charge in [-0.15, -0.1) is 0 Å². The molecule has 0 saturated heterocycles. The summed E-state index contributed by atoms with van der Waals surface area (Å²) in [6, 6.07) is 2.24. The Morgan fingerprint density at radius 3 is 2.56 bits per heavy atom. The zero-order valence-corrected chi connectivity index (χ0v) is 11.3. The van der Waals surface area contributed by atoms with E-state index in [0.29, 0.717) is 21.8 Å². The van der Waals surface area contributed by atoms with Crippen LogP contribution in [0.15, 0.2) is 6.07 Å². The maximum atomic E-state index is 6.09. The topological polar surface area (TPSA) is 24.9 Å². The lowest BCUT2D eigenvalue weighted by Gasteiger charge is -2.23. The van der Waals surface area contributed by atoms with E-state index in [4.69, 9.17) is 23.2 Å². The molecule has 0 amide bonds. The fourth-order valence-electron chi connectivity index (χ4n) is 1.79. The van der Waals surface area contributed by atoms with Crippen LogP contribution in [-0.4, -0.2) is 11.0 Å². The lowest BCUT2D eigenvalue weighted by Crippen LogP contribution is -2.25. The molecule has 1 aromatic heterocycles. The largest absolute Gasteiger partial charge is 0.379 e. The molecule has 1 atom stereocenters. The summed E-state index contributed by atoms with van der Waals surface area (Å²) in [6.07, 6.45) is 2.55. The number of hydrogen-bond donors (Lipinski definition) is 1. The summed E-state index contributed by atoms with van der Waals surface area (Å²) in [4.78, 5) is 4.06. The van der Waals surface area contributed by atoms with Crippen molar-refractivity contribution in [1.82, 2.24) is 4.98 Å². The SMILES string of the molecule is Cc1cc(Cl)nc(Cl)c1NC(C)C1(C)CC1. The van der Waals surface area contributed by atoms with E-state index in [0.717, 1.165) is 11.3 Å². The first-order chi connectivity index (χ1) is 7.42. The van der Waals surface area contributed by atoms with Crippen molar-refractivity contribution in [3.8, 4) is 0 Å². The van der Waals surface area contributed by atoms with Gasteiger partial charge in [-0.1, -0.05) is 30.1 Å². The Morgan fingerprint density at radius 1 is 1.44 bits per heavy atom. The number of nitrogens with zero attached hydrogens (tertiary/aromatic N) is 1. The van der Waals surface area contributed by atoms with E-state index in [-0.39, 0.29) is 0 Å². The van der Waals surface area contributed by atoms with Gasteiger partial charge in [0.05, 0.1) is 5.69 Å². The number of rotatable bonds is 3. The van der Waals surface area contributed by atoms with Gasteiger partial charge in [0.25, 0.3) is 0 Å². The Bertz CT molecular complexity index is 390. The second-order valence-corrected chi connectivity index (χ2v) is 5.69. The highest BCUT2D eigenvalue weighted by atomic mass is 35.5. The summed E-state index contributed by atoms with van der Waals surface area (Å²) in [7, 11) is 0. The molecule has 2 rings (SSSR count). The van der Waals surface area contributed by atoms with E-state index in [9.17, 15) is 0 Å². The molecule has 1 fully saturated rings. The number of anilines is 1. The van der Waals surface area contributed by atoms with Crippen LogP contribution >= 0.6 is 23.2 Å². The zero-order valence-electron chi connectivity index (χ0n) is 9.77. The fraction of sp³-hybridized carbons (Fsp3) is 0.583. The predicted octanol–water partition coefficient (Wildman–Crippen LogP) is 4.30. The number of hydrogen-bond acceptors (Lipinski definition) is 2. The Labute approximate surface area is 106 Å². The maximum Gasteiger partial charge on any atom is 0.154 e. The quantitative estimate of drug-likeness (QED) is 0.819. The minimum absolute atomic E-state index is 0.409. The molecule has 2 nitrogen and oxygen atoms in total. The lowest BCUT2D eigenvalue weighted by atomic mass is 10.0. The maximum absolute atomic E-state index is 6.09. The Kier molecular flexibility index (Phi) is 3.06. The number of nitrogens with one attached hydrogen (secondary N) is 1. The van der Waals surface area contributed by atoms with E-state index >= 15 is 0 Å². The van der Waals surface area contributed by atoms with Crippen LogP contribution in [0.5, 0.6) is 0 Å². The third kappa shape index (κ3) is 2.28. The summed E-state index contributed by atoms with van der Waals surface area (Å²) >= 11 is 11.9. The summed E-state index contributed by atoms with van der Waals surface area (Å²) in [5.41, 5.74) is 2.36. The van der Waals surface area contributed by atoms with E-state index in [1.54, 1.807) is 0 Å². The molecule has 0 spiro atoms. The van der Waals surface area contributed by atoms with Crippen molar-refractivity contribution in [3.63, 3.8) is 0 Å². The highest BCUT2D eigenvalue weighted by Gasteiger charge is 2.42. The van der Waals surface area contributed by atoms with Gasteiger partial charge >= 0.3 is 0 Å². The van der Waals surface area contributed by atoms with Crippen LogP contribution < -0.4 is 5.32 Å². The van der Waals surface area contributed by atoms with E-state index in [2.05, 4.69) is 24.1 Å². The van der Waals surface area contributed by atoms with Crippen molar-refractivity contribution in [2.45, 2.75) is 39.7 Å². The standard InChI is InChI=1S/C12H16Cl2N2/c1-7-6-9(13)16-11(14)10(7)15-8(2)12(3)4-5-12/h6,8,15H,4-5H2,1-3H3. The molecule has 16 heavy (non-hydrogen) atoms. The number of halogens is 2. The van der Waals surface area contributed by atoms with Crippen LogP contribution in [0.1, 0.15) is 32.3 Å². The van der Waals surface area contributed by atoms with Crippen molar-refractivity contribution in [3.05, 3.63) is 21.9 Å². The molecule has 1 unspecified atom stereocenters. The average Bonchev–Trinajstić information content (AvgIpc) is 2.91. The van der Waals surface area contributed by atoms with Crippen molar-refractivity contribution in [1.29, 1.82) is 0 Å². The Hall–Kier alpha value is -0.470. The number of pyridine rings is 1. The van der Waals surface area contributed by atoms with Crippen LogP contribution in [0.3, 0.4) is 0 Å². The molecule has 1 saturated carbocycles. The second-order valence-electron chi connectivity index (χ2n) is 4.95. The van der Waals surface area contributed by atoms with Gasteiger partial charge in [0.2, 0.25) is 0 Å². The van der Waals surface area contributed by atoms with Gasteiger partial charge in [-0.05, 0) is 43.7 Å². The minimum atomic E-state index is 0.409. The average molecular weight is 259 g/mol. The monoisotopic (exact) mass is 258 g/mol. The van der Waals surface area contributed by atoms with Gasteiger partial charge in [0.1, 0.15) is 5.15 Å². The molecule has 4 heteroatoms. The molecule has 1 aromatic rings. The van der Waals surface area contributed by atoms with Gasteiger partial charge < -0.3 is 5.32 Å². The molecule has 0 aromatic carbocycles. The third-order valence-electron chi connectivity index (χ3n) is 3.59. The number of aryl methyl sites for hydroxylation is 1. The molecule has 0 radical (unpaired) electrons. The van der Waals surface area contributed by atoms with Gasteiger partial charge in [-0.25, -0.2) is 4.98 Å². The first-order valence-electron chi connectivity index (χ1n) is 5.51. The van der Waals surface area contributed by atoms with Gasteiger partial charge in [0.15, 0.2) is 5.15 Å². The first-order valence-corrected chi connectivity index (χ1v) is 6.27. The number of aromatic nitrogens is 1. The summed E-state index contributed by atoms with van der Waals surface area (Å²) in [5.74, 6) is 0. The second kappa shape index (κ2) is 4.08. The van der Waals surface area contributed by atoms with Crippen LogP contribution in [-0.2, 0) is 0 Å². The molecule has 88 valence electrons. The molecular weight excluding hydrogens is 243 g/mol. The molecule has 1 aliphatic carbocycles. The van der Waals surface area contributed by atoms with Crippen LogP contribution in [0.2, 0.25) is 10.3 Å². The molecule has 0 bridgehead atoms. The molecule has 1 aliphatic rings. The highest BCUT2D eigenvalue weighted by Crippen LogP contribution is 2.49. The van der Waals surface area contributed by atoms with E-state index in [1.807, 2.05) is 13.0 Å². The summed E-state index contributed by atoms with van der Waals surface area (Å²) < 4.78 is 0. The van der Waals surface area contributed by atoms with Crippen molar-refractivity contribution in [2.75, 3.05) is 5.32 Å². The Morgan fingerprint density at radius 2 is 2.06 bits per heavy atom. The third-order valence-corrected chi connectivity index (χ3v) is 4.05. The minimum Gasteiger partial charge on any atom is -0.379 e. The fourth-order valence-corrected chi connectivity index (χ4v) is 2.38. The van der Waals surface area contributed by atoms with E-state index < -0.39 is 0 Å². The molecule has 1 heterocycles. The van der Waals surface area contributed by atoms with E-state index in [1.165, 1.54) is 12.8 Å².